The number of rotatable bonds is 2. The molecular weight excluding hydrogens is 205 g/mol. The highest BCUT2D eigenvalue weighted by atomic mass is 19.1. The van der Waals surface area contributed by atoms with Crippen LogP contribution in [0.1, 0.15) is 10.4 Å². The van der Waals surface area contributed by atoms with Crippen LogP contribution in [-0.2, 0) is 0 Å². The van der Waals surface area contributed by atoms with E-state index >= 15 is 0 Å². The highest BCUT2D eigenvalue weighted by Crippen LogP contribution is 2.25. The first-order chi connectivity index (χ1) is 7.70. The third-order valence-corrected chi connectivity index (χ3v) is 2.29. The molecule has 0 aliphatic carbocycles. The average molecular weight is 214 g/mol. The number of benzene rings is 2. The molecule has 3 heteroatoms. The van der Waals surface area contributed by atoms with Gasteiger partial charge in [0.25, 0.3) is 0 Å². The molecule has 1 radical (unpaired) electrons. The van der Waals surface area contributed by atoms with Crippen LogP contribution in [0, 0.1) is 11.9 Å². The summed E-state index contributed by atoms with van der Waals surface area (Å²) in [4.78, 5) is 11.2. The van der Waals surface area contributed by atoms with Crippen molar-refractivity contribution in [3.05, 3.63) is 59.9 Å². The van der Waals surface area contributed by atoms with Crippen LogP contribution < -0.4 is 5.73 Å². The van der Waals surface area contributed by atoms with Gasteiger partial charge in [-0.05, 0) is 23.8 Å². The Labute approximate surface area is 92.5 Å². The minimum Gasteiger partial charge on any atom is -0.366 e. The number of hydrogen-bond donors (Lipinski definition) is 1. The zero-order valence-electron chi connectivity index (χ0n) is 8.41. The first-order valence-electron chi connectivity index (χ1n) is 4.75. The lowest BCUT2D eigenvalue weighted by Gasteiger charge is -2.07. The Morgan fingerprint density at radius 2 is 1.94 bits per heavy atom. The summed E-state index contributed by atoms with van der Waals surface area (Å²) in [6.07, 6.45) is 0. The fourth-order valence-corrected chi connectivity index (χ4v) is 1.55. The normalized spacial score (nSPS) is 10.1. The fraction of sp³-hybridized carbons (Fsp3) is 0. The van der Waals surface area contributed by atoms with Gasteiger partial charge in [-0.1, -0.05) is 30.3 Å². The molecule has 2 aromatic rings. The summed E-state index contributed by atoms with van der Waals surface area (Å²) in [7, 11) is 0. The van der Waals surface area contributed by atoms with Crippen LogP contribution in [0.15, 0.2) is 42.5 Å². The van der Waals surface area contributed by atoms with Gasteiger partial charge in [-0.3, -0.25) is 4.79 Å². The van der Waals surface area contributed by atoms with E-state index in [1.54, 1.807) is 30.3 Å². The van der Waals surface area contributed by atoms with Crippen LogP contribution in [0.5, 0.6) is 0 Å². The van der Waals surface area contributed by atoms with Crippen molar-refractivity contribution < 1.29 is 9.18 Å². The number of halogens is 1. The average Bonchev–Trinajstić information content (AvgIpc) is 2.29. The van der Waals surface area contributed by atoms with Gasteiger partial charge >= 0.3 is 0 Å². The number of nitrogens with two attached hydrogens (primary N) is 1. The lowest BCUT2D eigenvalue weighted by Crippen LogP contribution is -2.12. The van der Waals surface area contributed by atoms with Gasteiger partial charge in [0.05, 0.1) is 0 Å². The third kappa shape index (κ3) is 1.80. The second-order valence-corrected chi connectivity index (χ2v) is 3.32. The van der Waals surface area contributed by atoms with Crippen LogP contribution in [-0.4, -0.2) is 5.91 Å². The molecule has 0 aromatic heterocycles. The molecule has 79 valence electrons. The molecule has 0 saturated carbocycles. The van der Waals surface area contributed by atoms with Gasteiger partial charge in [0, 0.05) is 11.1 Å². The molecule has 2 nitrogen and oxygen atoms in total. The maximum absolute atomic E-state index is 13.6. The van der Waals surface area contributed by atoms with Crippen molar-refractivity contribution >= 4 is 5.91 Å². The van der Waals surface area contributed by atoms with Crippen molar-refractivity contribution in [3.8, 4) is 11.1 Å². The van der Waals surface area contributed by atoms with Gasteiger partial charge in [-0.15, -0.1) is 0 Å². The van der Waals surface area contributed by atoms with E-state index in [2.05, 4.69) is 6.07 Å². The molecule has 0 aliphatic heterocycles. The van der Waals surface area contributed by atoms with Gasteiger partial charge in [0.2, 0.25) is 5.91 Å². The van der Waals surface area contributed by atoms with Gasteiger partial charge in [0.1, 0.15) is 5.82 Å². The molecule has 16 heavy (non-hydrogen) atoms. The molecule has 0 bridgehead atoms. The first-order valence-corrected chi connectivity index (χ1v) is 4.75. The number of hydrogen-bond acceptors (Lipinski definition) is 1. The standard InChI is InChI=1S/C13H9FNO/c14-12-8-4-3-6-10(12)9-5-1-2-7-11(9)13(15)16/h1,3-8H,(H2,15,16). The summed E-state index contributed by atoms with van der Waals surface area (Å²) >= 11 is 0. The smallest absolute Gasteiger partial charge is 0.249 e. The Balaban J connectivity index is 2.65. The summed E-state index contributed by atoms with van der Waals surface area (Å²) in [6.45, 7) is 0. The van der Waals surface area contributed by atoms with Gasteiger partial charge in [-0.2, -0.15) is 0 Å². The molecule has 2 N–H and O–H groups in total. The Morgan fingerprint density at radius 3 is 2.62 bits per heavy atom. The third-order valence-electron chi connectivity index (χ3n) is 2.29. The van der Waals surface area contributed by atoms with E-state index in [0.717, 1.165) is 0 Å². The summed E-state index contributed by atoms with van der Waals surface area (Å²) < 4.78 is 13.6. The number of amides is 1. The van der Waals surface area contributed by atoms with Crippen molar-refractivity contribution in [3.63, 3.8) is 0 Å². The lowest BCUT2D eigenvalue weighted by atomic mass is 9.99. The minimum absolute atomic E-state index is 0.271. The second-order valence-electron chi connectivity index (χ2n) is 3.32. The Kier molecular flexibility index (Phi) is 2.68. The molecule has 2 rings (SSSR count). The van der Waals surface area contributed by atoms with Crippen molar-refractivity contribution in [1.82, 2.24) is 0 Å². The maximum Gasteiger partial charge on any atom is 0.249 e. The predicted octanol–water partition coefficient (Wildman–Crippen LogP) is 2.39. The van der Waals surface area contributed by atoms with Crippen molar-refractivity contribution in [1.29, 1.82) is 0 Å². The fourth-order valence-electron chi connectivity index (χ4n) is 1.55. The summed E-state index contributed by atoms with van der Waals surface area (Å²) in [6, 6.07) is 13.7. The zero-order valence-corrected chi connectivity index (χ0v) is 8.41. The van der Waals surface area contributed by atoms with Gasteiger partial charge in [0.15, 0.2) is 0 Å². The Bertz CT molecular complexity index is 537. The van der Waals surface area contributed by atoms with Crippen molar-refractivity contribution in [2.75, 3.05) is 0 Å². The van der Waals surface area contributed by atoms with Crippen molar-refractivity contribution in [2.24, 2.45) is 5.73 Å². The summed E-state index contributed by atoms with van der Waals surface area (Å²) in [5.74, 6) is -0.966. The summed E-state index contributed by atoms with van der Waals surface area (Å²) in [5, 5.41) is 0. The second kappa shape index (κ2) is 4.14. The molecule has 0 aliphatic rings. The number of primary amides is 1. The Morgan fingerprint density at radius 1 is 1.19 bits per heavy atom. The highest BCUT2D eigenvalue weighted by molar-refractivity contribution is 5.99. The van der Waals surface area contributed by atoms with Crippen LogP contribution in [0.4, 0.5) is 4.39 Å². The lowest BCUT2D eigenvalue weighted by molar-refractivity contribution is 0.100. The minimum atomic E-state index is -0.588. The highest BCUT2D eigenvalue weighted by Gasteiger charge is 2.11. The van der Waals surface area contributed by atoms with Crippen LogP contribution in [0.2, 0.25) is 0 Å². The van der Waals surface area contributed by atoms with E-state index in [-0.39, 0.29) is 11.4 Å². The molecule has 0 fully saturated rings. The van der Waals surface area contributed by atoms with Crippen molar-refractivity contribution in [2.45, 2.75) is 0 Å². The van der Waals surface area contributed by atoms with E-state index in [1.807, 2.05) is 0 Å². The van der Waals surface area contributed by atoms with E-state index in [0.29, 0.717) is 11.1 Å². The predicted molar refractivity (Wildman–Crippen MR) is 59.2 cm³/mol. The number of carbonyl (C=O) groups is 1. The maximum atomic E-state index is 13.6. The van der Waals surface area contributed by atoms with Crippen LogP contribution in [0.25, 0.3) is 11.1 Å². The summed E-state index contributed by atoms with van der Waals surface area (Å²) in [5.41, 5.74) is 6.35. The van der Waals surface area contributed by atoms with Gasteiger partial charge in [-0.25, -0.2) is 4.39 Å². The quantitative estimate of drug-likeness (QED) is 0.819. The molecule has 0 heterocycles. The molecule has 1 amide bonds. The largest absolute Gasteiger partial charge is 0.366 e. The molecule has 0 unspecified atom stereocenters. The first kappa shape index (κ1) is 10.4. The zero-order chi connectivity index (χ0) is 11.5. The van der Waals surface area contributed by atoms with E-state index in [1.165, 1.54) is 12.1 Å². The topological polar surface area (TPSA) is 43.1 Å². The van der Waals surface area contributed by atoms with E-state index < -0.39 is 5.91 Å². The van der Waals surface area contributed by atoms with Crippen LogP contribution in [0.3, 0.4) is 0 Å². The monoisotopic (exact) mass is 214 g/mol. The van der Waals surface area contributed by atoms with E-state index in [9.17, 15) is 9.18 Å². The SMILES string of the molecule is NC(=O)c1c[c]ccc1-c1ccccc1F. The Hall–Kier alpha value is -2.16. The molecule has 0 atom stereocenters. The van der Waals surface area contributed by atoms with Gasteiger partial charge < -0.3 is 5.73 Å². The molecule has 2 aromatic carbocycles. The molecule has 0 spiro atoms. The molecule has 0 saturated heterocycles. The number of carbonyl (C=O) groups excluding carboxylic acids is 1. The van der Waals surface area contributed by atoms with E-state index in [4.69, 9.17) is 5.73 Å². The molecular formula is C13H9FNO. The van der Waals surface area contributed by atoms with Crippen LogP contribution >= 0.6 is 0 Å².